The van der Waals surface area contributed by atoms with Gasteiger partial charge in [0.25, 0.3) is 5.69 Å². The highest BCUT2D eigenvalue weighted by atomic mass is 16.6. The maximum Gasteiger partial charge on any atom is 0.296 e. The average molecular weight is 251 g/mol. The molecule has 96 valence electrons. The number of amides is 1. The lowest BCUT2D eigenvalue weighted by Gasteiger charge is -2.18. The second kappa shape index (κ2) is 4.61. The van der Waals surface area contributed by atoms with Crippen molar-refractivity contribution < 1.29 is 14.5 Å². The molecule has 1 fully saturated rings. The zero-order valence-corrected chi connectivity index (χ0v) is 9.83. The van der Waals surface area contributed by atoms with E-state index >= 15 is 0 Å². The highest BCUT2D eigenvalue weighted by Gasteiger charge is 2.34. The van der Waals surface area contributed by atoms with Crippen LogP contribution in [0.1, 0.15) is 6.42 Å². The Balaban J connectivity index is 2.54. The molecule has 0 aromatic heterocycles. The molecule has 1 atom stereocenters. The highest BCUT2D eigenvalue weighted by molar-refractivity contribution is 6.00. The number of benzene rings is 1. The van der Waals surface area contributed by atoms with Crippen LogP contribution in [0.3, 0.4) is 0 Å². The molecule has 0 radical (unpaired) electrons. The number of para-hydroxylation sites is 1. The standard InChI is InChI=1S/C11H13N3O4/c1-18-9-4-2-3-8(14(16)17)11(9)13-6-7(12)5-10(13)15/h2-4,7H,5-6,12H2,1H3. The number of nitrogens with two attached hydrogens (primary N) is 1. The van der Waals surface area contributed by atoms with Crippen molar-refractivity contribution in [2.45, 2.75) is 12.5 Å². The molecule has 0 bridgehead atoms. The van der Waals surface area contributed by atoms with Crippen molar-refractivity contribution in [3.8, 4) is 5.75 Å². The Morgan fingerprint density at radius 2 is 2.28 bits per heavy atom. The van der Waals surface area contributed by atoms with E-state index in [0.717, 1.165) is 0 Å². The Morgan fingerprint density at radius 3 is 2.78 bits per heavy atom. The summed E-state index contributed by atoms with van der Waals surface area (Å²) < 4.78 is 5.09. The number of nitrogens with zero attached hydrogens (tertiary/aromatic N) is 2. The fourth-order valence-corrected chi connectivity index (χ4v) is 2.05. The van der Waals surface area contributed by atoms with Crippen molar-refractivity contribution in [1.29, 1.82) is 0 Å². The van der Waals surface area contributed by atoms with Crippen LogP contribution in [0, 0.1) is 10.1 Å². The molecule has 2 rings (SSSR count). The van der Waals surface area contributed by atoms with Crippen LogP contribution in [-0.2, 0) is 4.79 Å². The Hall–Kier alpha value is -2.15. The van der Waals surface area contributed by atoms with Crippen molar-refractivity contribution >= 4 is 17.3 Å². The second-order valence-corrected chi connectivity index (χ2v) is 4.05. The van der Waals surface area contributed by atoms with Gasteiger partial charge in [0.05, 0.1) is 12.0 Å². The first-order chi connectivity index (χ1) is 8.54. The van der Waals surface area contributed by atoms with Gasteiger partial charge in [-0.2, -0.15) is 0 Å². The third kappa shape index (κ3) is 2.00. The predicted molar refractivity (Wildman–Crippen MR) is 64.6 cm³/mol. The fraction of sp³-hybridized carbons (Fsp3) is 0.364. The molecule has 1 saturated heterocycles. The third-order valence-electron chi connectivity index (χ3n) is 2.82. The summed E-state index contributed by atoms with van der Waals surface area (Å²) in [4.78, 5) is 23.6. The van der Waals surface area contributed by atoms with Crippen LogP contribution in [0.2, 0.25) is 0 Å². The number of nitro groups is 1. The molecule has 1 aromatic carbocycles. The van der Waals surface area contributed by atoms with Crippen molar-refractivity contribution in [2.75, 3.05) is 18.6 Å². The van der Waals surface area contributed by atoms with Crippen LogP contribution in [-0.4, -0.2) is 30.5 Å². The van der Waals surface area contributed by atoms with E-state index in [1.54, 1.807) is 6.07 Å². The smallest absolute Gasteiger partial charge is 0.296 e. The number of hydrogen-bond donors (Lipinski definition) is 1. The first-order valence-electron chi connectivity index (χ1n) is 5.42. The van der Waals surface area contributed by atoms with Gasteiger partial charge in [-0.1, -0.05) is 6.07 Å². The normalized spacial score (nSPS) is 19.1. The predicted octanol–water partition coefficient (Wildman–Crippen LogP) is 0.667. The molecule has 0 saturated carbocycles. The van der Waals surface area contributed by atoms with Crippen LogP contribution in [0.4, 0.5) is 11.4 Å². The van der Waals surface area contributed by atoms with E-state index in [-0.39, 0.29) is 36.3 Å². The lowest BCUT2D eigenvalue weighted by atomic mass is 10.2. The minimum atomic E-state index is -0.533. The van der Waals surface area contributed by atoms with Crippen LogP contribution < -0.4 is 15.4 Å². The Labute approximate surface area is 103 Å². The van der Waals surface area contributed by atoms with Crippen molar-refractivity contribution in [3.63, 3.8) is 0 Å². The summed E-state index contributed by atoms with van der Waals surface area (Å²) in [5.41, 5.74) is 5.72. The van der Waals surface area contributed by atoms with E-state index in [1.165, 1.54) is 24.1 Å². The molecular weight excluding hydrogens is 238 g/mol. The number of carbonyl (C=O) groups is 1. The molecule has 1 amide bonds. The summed E-state index contributed by atoms with van der Waals surface area (Å²) in [6.07, 6.45) is 0.190. The Morgan fingerprint density at radius 1 is 1.56 bits per heavy atom. The van der Waals surface area contributed by atoms with Crippen molar-refractivity contribution in [1.82, 2.24) is 0 Å². The van der Waals surface area contributed by atoms with Gasteiger partial charge >= 0.3 is 0 Å². The van der Waals surface area contributed by atoms with Gasteiger partial charge in [-0.05, 0) is 6.07 Å². The zero-order valence-electron chi connectivity index (χ0n) is 9.83. The lowest BCUT2D eigenvalue weighted by Crippen LogP contribution is -2.28. The molecular formula is C11H13N3O4. The van der Waals surface area contributed by atoms with Gasteiger partial charge in [0.1, 0.15) is 5.75 Å². The quantitative estimate of drug-likeness (QED) is 0.628. The minimum Gasteiger partial charge on any atom is -0.494 e. The molecule has 0 spiro atoms. The summed E-state index contributed by atoms with van der Waals surface area (Å²) in [5, 5.41) is 11.0. The van der Waals surface area contributed by atoms with Crippen LogP contribution in [0.25, 0.3) is 0 Å². The monoisotopic (exact) mass is 251 g/mol. The summed E-state index contributed by atoms with van der Waals surface area (Å²) in [6.45, 7) is 0.264. The minimum absolute atomic E-state index is 0.156. The van der Waals surface area contributed by atoms with E-state index in [4.69, 9.17) is 10.5 Å². The highest BCUT2D eigenvalue weighted by Crippen LogP contribution is 2.39. The van der Waals surface area contributed by atoms with E-state index in [0.29, 0.717) is 5.75 Å². The van der Waals surface area contributed by atoms with Crippen molar-refractivity contribution in [3.05, 3.63) is 28.3 Å². The van der Waals surface area contributed by atoms with Crippen LogP contribution in [0.5, 0.6) is 5.75 Å². The van der Waals surface area contributed by atoms with Gasteiger partial charge < -0.3 is 15.4 Å². The second-order valence-electron chi connectivity index (χ2n) is 4.05. The van der Waals surface area contributed by atoms with E-state index in [2.05, 4.69) is 0 Å². The molecule has 7 heteroatoms. The van der Waals surface area contributed by atoms with Gasteiger partial charge in [-0.25, -0.2) is 0 Å². The number of anilines is 1. The molecule has 18 heavy (non-hydrogen) atoms. The van der Waals surface area contributed by atoms with Gasteiger partial charge in [0, 0.05) is 25.1 Å². The molecule has 1 aliphatic rings. The van der Waals surface area contributed by atoms with Crippen molar-refractivity contribution in [2.24, 2.45) is 5.73 Å². The van der Waals surface area contributed by atoms with Gasteiger partial charge in [-0.3, -0.25) is 14.9 Å². The number of carbonyl (C=O) groups excluding carboxylic acids is 1. The molecule has 1 aliphatic heterocycles. The summed E-state index contributed by atoms with van der Waals surface area (Å²) >= 11 is 0. The Bertz CT molecular complexity index is 503. The number of ether oxygens (including phenoxy) is 1. The summed E-state index contributed by atoms with van der Waals surface area (Å²) in [6, 6.07) is 4.14. The number of hydrogen-bond acceptors (Lipinski definition) is 5. The lowest BCUT2D eigenvalue weighted by molar-refractivity contribution is -0.384. The molecule has 0 aliphatic carbocycles. The maximum atomic E-state index is 11.8. The largest absolute Gasteiger partial charge is 0.494 e. The number of methoxy groups -OCH3 is 1. The number of nitro benzene ring substituents is 1. The van der Waals surface area contributed by atoms with Gasteiger partial charge in [-0.15, -0.1) is 0 Å². The maximum absolute atomic E-state index is 11.8. The zero-order chi connectivity index (χ0) is 13.3. The molecule has 1 aromatic rings. The molecule has 1 unspecified atom stereocenters. The van der Waals surface area contributed by atoms with E-state index in [9.17, 15) is 14.9 Å². The summed E-state index contributed by atoms with van der Waals surface area (Å²) in [7, 11) is 1.41. The topological polar surface area (TPSA) is 98.7 Å². The molecule has 1 heterocycles. The van der Waals surface area contributed by atoms with E-state index in [1.807, 2.05) is 0 Å². The van der Waals surface area contributed by atoms with Gasteiger partial charge in [0.2, 0.25) is 5.91 Å². The molecule has 7 nitrogen and oxygen atoms in total. The summed E-state index contributed by atoms with van der Waals surface area (Å²) in [5.74, 6) is 0.0711. The van der Waals surface area contributed by atoms with Crippen LogP contribution in [0.15, 0.2) is 18.2 Å². The third-order valence-corrected chi connectivity index (χ3v) is 2.82. The number of rotatable bonds is 3. The Kier molecular flexibility index (Phi) is 3.15. The van der Waals surface area contributed by atoms with Crippen LogP contribution >= 0.6 is 0 Å². The van der Waals surface area contributed by atoms with Gasteiger partial charge in [0.15, 0.2) is 5.69 Å². The first-order valence-corrected chi connectivity index (χ1v) is 5.42. The molecule has 2 N–H and O–H groups in total. The fourth-order valence-electron chi connectivity index (χ4n) is 2.05. The SMILES string of the molecule is COc1cccc([N+](=O)[O-])c1N1CC(N)CC1=O. The first kappa shape index (κ1) is 12.3. The average Bonchev–Trinajstić information content (AvgIpc) is 2.67. The van der Waals surface area contributed by atoms with E-state index < -0.39 is 4.92 Å².